The van der Waals surface area contributed by atoms with Gasteiger partial charge in [0.1, 0.15) is 0 Å². The number of nitrogens with two attached hydrogens (primary N) is 1. The predicted molar refractivity (Wildman–Crippen MR) is 71.0 cm³/mol. The van der Waals surface area contributed by atoms with Crippen LogP contribution in [0.3, 0.4) is 0 Å². The van der Waals surface area contributed by atoms with Crippen LogP contribution in [0.25, 0.3) is 0 Å². The fourth-order valence-electron chi connectivity index (χ4n) is 1.30. The second-order valence-electron chi connectivity index (χ2n) is 3.69. The molecule has 0 aliphatic rings. The highest BCUT2D eigenvalue weighted by molar-refractivity contribution is 7.80. The van der Waals surface area contributed by atoms with Crippen LogP contribution in [-0.2, 0) is 9.47 Å². The summed E-state index contributed by atoms with van der Waals surface area (Å²) in [6, 6.07) is -0.346. The third-order valence-corrected chi connectivity index (χ3v) is 2.75. The molecule has 0 bridgehead atoms. The maximum atomic E-state index is 5.77. The largest absolute Gasteiger partial charge is 0.383 e. The summed E-state index contributed by atoms with van der Waals surface area (Å²) in [6.07, 6.45) is 0. The van der Waals surface area contributed by atoms with Gasteiger partial charge in [-0.05, 0) is 5.16 Å². The van der Waals surface area contributed by atoms with Crippen molar-refractivity contribution in [2.75, 3.05) is 51.2 Å². The van der Waals surface area contributed by atoms with Crippen molar-refractivity contribution in [2.24, 2.45) is 5.73 Å². The van der Waals surface area contributed by atoms with Crippen LogP contribution >= 0.6 is 12.6 Å². The SMILES string of the molecule is COCCN(CCOC)c1noc(C(N)CS)n1. The smallest absolute Gasteiger partial charge is 0.266 e. The molecule has 1 heterocycles. The lowest BCUT2D eigenvalue weighted by molar-refractivity contribution is 0.189. The molecule has 104 valence electrons. The Hall–Kier alpha value is -0.830. The molecule has 0 spiro atoms. The zero-order chi connectivity index (χ0) is 13.4. The number of aromatic nitrogens is 2. The van der Waals surface area contributed by atoms with E-state index in [0.717, 1.165) is 0 Å². The fraction of sp³-hybridized carbons (Fsp3) is 0.800. The highest BCUT2D eigenvalue weighted by atomic mass is 32.1. The molecule has 0 aliphatic heterocycles. The van der Waals surface area contributed by atoms with Crippen LogP contribution in [0, 0.1) is 0 Å². The Balaban J connectivity index is 2.67. The average Bonchev–Trinajstić information content (AvgIpc) is 2.87. The molecule has 0 fully saturated rings. The van der Waals surface area contributed by atoms with E-state index < -0.39 is 0 Å². The first-order valence-corrected chi connectivity index (χ1v) is 6.29. The minimum atomic E-state index is -0.346. The summed E-state index contributed by atoms with van der Waals surface area (Å²) in [5.41, 5.74) is 5.77. The van der Waals surface area contributed by atoms with Crippen LogP contribution in [0.4, 0.5) is 5.95 Å². The molecule has 1 unspecified atom stereocenters. The lowest BCUT2D eigenvalue weighted by Gasteiger charge is -2.19. The summed E-state index contributed by atoms with van der Waals surface area (Å²) in [5.74, 6) is 1.34. The zero-order valence-corrected chi connectivity index (χ0v) is 11.6. The van der Waals surface area contributed by atoms with Crippen LogP contribution in [-0.4, -0.2) is 56.4 Å². The molecule has 1 rings (SSSR count). The summed E-state index contributed by atoms with van der Waals surface area (Å²) in [7, 11) is 3.29. The van der Waals surface area contributed by atoms with Crippen molar-refractivity contribution < 1.29 is 14.0 Å². The molecule has 8 heteroatoms. The van der Waals surface area contributed by atoms with Gasteiger partial charge in [0.2, 0.25) is 5.89 Å². The van der Waals surface area contributed by atoms with E-state index >= 15 is 0 Å². The quantitative estimate of drug-likeness (QED) is 0.618. The number of hydrogen-bond donors (Lipinski definition) is 2. The number of methoxy groups -OCH3 is 2. The highest BCUT2D eigenvalue weighted by Gasteiger charge is 2.17. The third-order valence-electron chi connectivity index (χ3n) is 2.36. The minimum absolute atomic E-state index is 0.346. The van der Waals surface area contributed by atoms with Gasteiger partial charge in [0, 0.05) is 33.1 Å². The molecule has 0 saturated heterocycles. The number of ether oxygens (including phenoxy) is 2. The maximum absolute atomic E-state index is 5.77. The van der Waals surface area contributed by atoms with Gasteiger partial charge in [0.25, 0.3) is 5.95 Å². The molecular weight excluding hydrogens is 256 g/mol. The first kappa shape index (κ1) is 15.2. The molecule has 1 atom stereocenters. The van der Waals surface area contributed by atoms with E-state index in [2.05, 4.69) is 22.8 Å². The van der Waals surface area contributed by atoms with E-state index in [1.807, 2.05) is 4.90 Å². The number of rotatable bonds is 9. The summed E-state index contributed by atoms with van der Waals surface area (Å²) in [6.45, 7) is 2.47. The van der Waals surface area contributed by atoms with Gasteiger partial charge >= 0.3 is 0 Å². The lowest BCUT2D eigenvalue weighted by Crippen LogP contribution is -2.31. The maximum Gasteiger partial charge on any atom is 0.266 e. The van der Waals surface area contributed by atoms with Crippen molar-refractivity contribution in [3.8, 4) is 0 Å². The molecule has 0 aliphatic carbocycles. The van der Waals surface area contributed by atoms with E-state index in [4.69, 9.17) is 19.7 Å². The molecule has 0 amide bonds. The molecule has 0 aromatic carbocycles. The van der Waals surface area contributed by atoms with Crippen LogP contribution in [0.15, 0.2) is 4.52 Å². The molecule has 7 nitrogen and oxygen atoms in total. The molecule has 18 heavy (non-hydrogen) atoms. The summed E-state index contributed by atoms with van der Waals surface area (Å²) in [5, 5.41) is 3.91. The first-order valence-electron chi connectivity index (χ1n) is 5.65. The minimum Gasteiger partial charge on any atom is -0.383 e. The van der Waals surface area contributed by atoms with Crippen molar-refractivity contribution in [1.82, 2.24) is 10.1 Å². The first-order chi connectivity index (χ1) is 8.72. The van der Waals surface area contributed by atoms with Gasteiger partial charge in [-0.1, -0.05) is 0 Å². The van der Waals surface area contributed by atoms with Gasteiger partial charge in [0.05, 0.1) is 19.3 Å². The number of anilines is 1. The van der Waals surface area contributed by atoms with Crippen molar-refractivity contribution in [2.45, 2.75) is 6.04 Å². The fourth-order valence-corrected chi connectivity index (χ4v) is 1.46. The topological polar surface area (TPSA) is 86.6 Å². The van der Waals surface area contributed by atoms with E-state index in [-0.39, 0.29) is 6.04 Å². The van der Waals surface area contributed by atoms with E-state index in [0.29, 0.717) is 43.9 Å². The van der Waals surface area contributed by atoms with Crippen molar-refractivity contribution in [3.63, 3.8) is 0 Å². The molecule has 1 aromatic heterocycles. The predicted octanol–water partition coefficient (Wildman–Crippen LogP) is 0.0984. The van der Waals surface area contributed by atoms with Gasteiger partial charge in [-0.3, -0.25) is 0 Å². The summed E-state index contributed by atoms with van der Waals surface area (Å²) in [4.78, 5) is 6.17. The van der Waals surface area contributed by atoms with Crippen LogP contribution < -0.4 is 10.6 Å². The second-order valence-corrected chi connectivity index (χ2v) is 4.06. The van der Waals surface area contributed by atoms with E-state index in [1.54, 1.807) is 14.2 Å². The Kier molecular flexibility index (Phi) is 7.02. The number of nitrogens with zero attached hydrogens (tertiary/aromatic N) is 3. The van der Waals surface area contributed by atoms with Crippen molar-refractivity contribution >= 4 is 18.6 Å². The van der Waals surface area contributed by atoms with Gasteiger partial charge in [-0.15, -0.1) is 0 Å². The van der Waals surface area contributed by atoms with Crippen LogP contribution in [0.1, 0.15) is 11.9 Å². The summed E-state index contributed by atoms with van der Waals surface area (Å²) < 4.78 is 15.2. The van der Waals surface area contributed by atoms with Gasteiger partial charge < -0.3 is 24.6 Å². The van der Waals surface area contributed by atoms with Crippen LogP contribution in [0.2, 0.25) is 0 Å². The Morgan fingerprint density at radius 2 is 1.94 bits per heavy atom. The number of thiol groups is 1. The van der Waals surface area contributed by atoms with E-state index in [9.17, 15) is 0 Å². The van der Waals surface area contributed by atoms with Crippen molar-refractivity contribution in [3.05, 3.63) is 5.89 Å². The lowest BCUT2D eigenvalue weighted by atomic mass is 10.4. The number of hydrogen-bond acceptors (Lipinski definition) is 8. The monoisotopic (exact) mass is 276 g/mol. The molecule has 2 N–H and O–H groups in total. The zero-order valence-electron chi connectivity index (χ0n) is 10.7. The average molecular weight is 276 g/mol. The standard InChI is InChI=1S/C10H20N4O3S/c1-15-5-3-14(4-6-16-2)10-12-9(17-13-10)8(11)7-18/h8,18H,3-7,11H2,1-2H3. The molecular formula is C10H20N4O3S. The molecule has 0 radical (unpaired) electrons. The van der Waals surface area contributed by atoms with E-state index in [1.165, 1.54) is 0 Å². The molecule has 1 aromatic rings. The van der Waals surface area contributed by atoms with Gasteiger partial charge in [-0.2, -0.15) is 17.6 Å². The highest BCUT2D eigenvalue weighted by Crippen LogP contribution is 2.14. The molecule has 0 saturated carbocycles. The van der Waals surface area contributed by atoms with Gasteiger partial charge in [-0.25, -0.2) is 0 Å². The van der Waals surface area contributed by atoms with Gasteiger partial charge in [0.15, 0.2) is 0 Å². The Labute approximate surface area is 112 Å². The Morgan fingerprint density at radius 1 is 1.33 bits per heavy atom. The third kappa shape index (κ3) is 4.45. The Morgan fingerprint density at radius 3 is 2.44 bits per heavy atom. The second kappa shape index (κ2) is 8.30. The Bertz CT molecular complexity index is 329. The summed E-state index contributed by atoms with van der Waals surface area (Å²) >= 11 is 4.09. The van der Waals surface area contributed by atoms with Crippen LogP contribution in [0.5, 0.6) is 0 Å². The van der Waals surface area contributed by atoms with Crippen molar-refractivity contribution in [1.29, 1.82) is 0 Å². The normalized spacial score (nSPS) is 12.7.